The lowest BCUT2D eigenvalue weighted by molar-refractivity contribution is -0.131. The van der Waals surface area contributed by atoms with Crippen molar-refractivity contribution in [3.05, 3.63) is 28.2 Å². The summed E-state index contributed by atoms with van der Waals surface area (Å²) in [5.41, 5.74) is 1.02. The Morgan fingerprint density at radius 2 is 2.29 bits per heavy atom. The summed E-state index contributed by atoms with van der Waals surface area (Å²) in [6.07, 6.45) is 1.72. The Morgan fingerprint density at radius 1 is 1.52 bits per heavy atom. The number of nitrogens with zero attached hydrogens (tertiary/aromatic N) is 1. The molecule has 1 amide bonds. The van der Waals surface area contributed by atoms with Crippen LogP contribution in [0, 0.1) is 5.92 Å². The van der Waals surface area contributed by atoms with Gasteiger partial charge >= 0.3 is 0 Å². The van der Waals surface area contributed by atoms with E-state index in [1.54, 1.807) is 12.0 Å². The van der Waals surface area contributed by atoms with Gasteiger partial charge in [0.15, 0.2) is 0 Å². The fourth-order valence-electron chi connectivity index (χ4n) is 2.51. The molecule has 0 aliphatic carbocycles. The zero-order valence-electron chi connectivity index (χ0n) is 12.4. The molecule has 0 saturated carbocycles. The van der Waals surface area contributed by atoms with Crippen molar-refractivity contribution >= 4 is 34.2 Å². The molecule has 0 radical (unpaired) electrons. The molecule has 1 heterocycles. The minimum atomic E-state index is 0. The van der Waals surface area contributed by atoms with Crippen LogP contribution in [0.2, 0.25) is 0 Å². The van der Waals surface area contributed by atoms with Crippen LogP contribution in [0.1, 0.15) is 18.4 Å². The molecule has 1 aromatic rings. The molecule has 2 rings (SSSR count). The predicted molar refractivity (Wildman–Crippen MR) is 90.0 cm³/mol. The molecule has 1 saturated heterocycles. The summed E-state index contributed by atoms with van der Waals surface area (Å²) in [5, 5.41) is 3.30. The molecule has 1 N–H and O–H groups in total. The Hall–Kier alpha value is -0.780. The lowest BCUT2D eigenvalue weighted by Crippen LogP contribution is -2.28. The Bertz CT molecular complexity index is 479. The molecule has 1 unspecified atom stereocenters. The number of hydrogen-bond donors (Lipinski definition) is 1. The second-order valence-corrected chi connectivity index (χ2v) is 6.18. The van der Waals surface area contributed by atoms with Crippen LogP contribution in [0.4, 0.5) is 0 Å². The van der Waals surface area contributed by atoms with E-state index in [-0.39, 0.29) is 18.3 Å². The van der Waals surface area contributed by atoms with Crippen LogP contribution >= 0.6 is 28.3 Å². The topological polar surface area (TPSA) is 41.6 Å². The number of halogens is 2. The second-order valence-electron chi connectivity index (χ2n) is 5.27. The van der Waals surface area contributed by atoms with Crippen LogP contribution in [0.25, 0.3) is 0 Å². The Kier molecular flexibility index (Phi) is 7.49. The van der Waals surface area contributed by atoms with Gasteiger partial charge in [-0.05, 0) is 43.6 Å². The van der Waals surface area contributed by atoms with Gasteiger partial charge in [0.05, 0.1) is 7.11 Å². The second kappa shape index (κ2) is 8.61. The highest BCUT2D eigenvalue weighted by molar-refractivity contribution is 9.10. The van der Waals surface area contributed by atoms with Gasteiger partial charge in [-0.2, -0.15) is 0 Å². The van der Waals surface area contributed by atoms with Gasteiger partial charge in [-0.3, -0.25) is 4.79 Å². The third kappa shape index (κ3) is 5.16. The summed E-state index contributed by atoms with van der Waals surface area (Å²) in [6, 6.07) is 5.85. The van der Waals surface area contributed by atoms with Gasteiger partial charge in [0, 0.05) is 30.0 Å². The molecule has 1 atom stereocenters. The molecule has 4 nitrogen and oxygen atoms in total. The van der Waals surface area contributed by atoms with Crippen molar-refractivity contribution in [2.75, 3.05) is 27.2 Å². The first-order valence-electron chi connectivity index (χ1n) is 6.87. The van der Waals surface area contributed by atoms with Crippen LogP contribution in [0.15, 0.2) is 22.7 Å². The quantitative estimate of drug-likeness (QED) is 0.858. The highest BCUT2D eigenvalue weighted by Crippen LogP contribution is 2.24. The summed E-state index contributed by atoms with van der Waals surface area (Å²) in [7, 11) is 3.50. The molecule has 0 spiro atoms. The van der Waals surface area contributed by atoms with Crippen LogP contribution in [-0.4, -0.2) is 38.1 Å². The number of rotatable bonds is 5. The number of amides is 1. The summed E-state index contributed by atoms with van der Waals surface area (Å²) in [6.45, 7) is 2.56. The van der Waals surface area contributed by atoms with E-state index in [0.29, 0.717) is 18.9 Å². The van der Waals surface area contributed by atoms with Crippen molar-refractivity contribution in [2.45, 2.75) is 19.4 Å². The number of carbonyl (C=O) groups is 1. The van der Waals surface area contributed by atoms with Crippen molar-refractivity contribution in [1.82, 2.24) is 10.2 Å². The SMILES string of the molecule is COc1ccc(Br)cc1CN(C)C(=O)CC1CCNC1.Cl. The number of ether oxygens (including phenoxy) is 1. The van der Waals surface area contributed by atoms with E-state index in [0.717, 1.165) is 35.3 Å². The number of hydrogen-bond acceptors (Lipinski definition) is 3. The average Bonchev–Trinajstić information content (AvgIpc) is 2.91. The average molecular weight is 378 g/mol. The molecule has 6 heteroatoms. The molecule has 1 aromatic carbocycles. The van der Waals surface area contributed by atoms with Gasteiger partial charge in [0.2, 0.25) is 5.91 Å². The molecule has 0 bridgehead atoms. The fourth-order valence-corrected chi connectivity index (χ4v) is 2.91. The van der Waals surface area contributed by atoms with Gasteiger partial charge in [0.1, 0.15) is 5.75 Å². The lowest BCUT2D eigenvalue weighted by atomic mass is 10.0. The highest BCUT2D eigenvalue weighted by atomic mass is 79.9. The standard InChI is InChI=1S/C15H21BrN2O2.ClH/c1-18(15(19)7-11-5-6-17-9-11)10-12-8-13(16)3-4-14(12)20-2;/h3-4,8,11,17H,5-7,9-10H2,1-2H3;1H. The number of methoxy groups -OCH3 is 1. The first-order chi connectivity index (χ1) is 9.60. The maximum Gasteiger partial charge on any atom is 0.222 e. The maximum absolute atomic E-state index is 12.2. The van der Waals surface area contributed by atoms with Crippen LogP contribution in [0.5, 0.6) is 5.75 Å². The smallest absolute Gasteiger partial charge is 0.222 e. The number of nitrogens with one attached hydrogen (secondary N) is 1. The lowest BCUT2D eigenvalue weighted by Gasteiger charge is -2.20. The third-order valence-corrected chi connectivity index (χ3v) is 4.19. The van der Waals surface area contributed by atoms with E-state index in [1.165, 1.54) is 0 Å². The molecule has 1 aliphatic heterocycles. The van der Waals surface area contributed by atoms with Crippen molar-refractivity contribution in [3.8, 4) is 5.75 Å². The van der Waals surface area contributed by atoms with Crippen molar-refractivity contribution in [1.29, 1.82) is 0 Å². The molecule has 1 fully saturated rings. The first kappa shape index (κ1) is 18.3. The molecule has 0 aromatic heterocycles. The zero-order valence-corrected chi connectivity index (χ0v) is 14.8. The van der Waals surface area contributed by atoms with Gasteiger partial charge in [-0.1, -0.05) is 15.9 Å². The molecule has 118 valence electrons. The van der Waals surface area contributed by atoms with Gasteiger partial charge < -0.3 is 15.0 Å². The van der Waals surface area contributed by atoms with Gasteiger partial charge in [-0.25, -0.2) is 0 Å². The summed E-state index contributed by atoms with van der Waals surface area (Å²) in [5.74, 6) is 1.49. The van der Waals surface area contributed by atoms with Gasteiger partial charge in [-0.15, -0.1) is 12.4 Å². The summed E-state index contributed by atoms with van der Waals surface area (Å²) < 4.78 is 6.34. The van der Waals surface area contributed by atoms with E-state index in [1.807, 2.05) is 25.2 Å². The minimum Gasteiger partial charge on any atom is -0.496 e. The highest BCUT2D eigenvalue weighted by Gasteiger charge is 2.20. The fraction of sp³-hybridized carbons (Fsp3) is 0.533. The Morgan fingerprint density at radius 3 is 2.90 bits per heavy atom. The molecule has 21 heavy (non-hydrogen) atoms. The molecular weight excluding hydrogens is 356 g/mol. The molecular formula is C15H22BrClN2O2. The van der Waals surface area contributed by atoms with E-state index < -0.39 is 0 Å². The largest absolute Gasteiger partial charge is 0.496 e. The minimum absolute atomic E-state index is 0. The third-order valence-electron chi connectivity index (χ3n) is 3.70. The van der Waals surface area contributed by atoms with E-state index in [2.05, 4.69) is 21.2 Å². The zero-order chi connectivity index (χ0) is 14.5. The number of carbonyl (C=O) groups excluding carboxylic acids is 1. The van der Waals surface area contributed by atoms with E-state index in [9.17, 15) is 4.79 Å². The van der Waals surface area contributed by atoms with Crippen LogP contribution < -0.4 is 10.1 Å². The van der Waals surface area contributed by atoms with Gasteiger partial charge in [0.25, 0.3) is 0 Å². The molecule has 1 aliphatic rings. The van der Waals surface area contributed by atoms with Crippen molar-refractivity contribution < 1.29 is 9.53 Å². The van der Waals surface area contributed by atoms with Crippen LogP contribution in [0.3, 0.4) is 0 Å². The Balaban J connectivity index is 0.00000220. The summed E-state index contributed by atoms with van der Waals surface area (Å²) >= 11 is 3.46. The number of benzene rings is 1. The monoisotopic (exact) mass is 376 g/mol. The van der Waals surface area contributed by atoms with Crippen molar-refractivity contribution in [2.24, 2.45) is 5.92 Å². The van der Waals surface area contributed by atoms with Crippen molar-refractivity contribution in [3.63, 3.8) is 0 Å². The normalized spacial score (nSPS) is 17.2. The summed E-state index contributed by atoms with van der Waals surface area (Å²) in [4.78, 5) is 14.0. The van der Waals surface area contributed by atoms with E-state index in [4.69, 9.17) is 4.74 Å². The maximum atomic E-state index is 12.2. The first-order valence-corrected chi connectivity index (χ1v) is 7.66. The van der Waals surface area contributed by atoms with Crippen LogP contribution in [-0.2, 0) is 11.3 Å². The van der Waals surface area contributed by atoms with E-state index >= 15 is 0 Å². The predicted octanol–water partition coefficient (Wildman–Crippen LogP) is 2.84. The Labute approximate surface area is 140 Å².